The molecule has 1 N–H and O–H groups in total. The van der Waals surface area contributed by atoms with Crippen molar-refractivity contribution < 1.29 is 14.3 Å². The molecule has 0 heterocycles. The normalized spacial score (nSPS) is 12.7. The van der Waals surface area contributed by atoms with Crippen molar-refractivity contribution in [1.82, 2.24) is 10.2 Å². The van der Waals surface area contributed by atoms with E-state index in [-0.39, 0.29) is 24.5 Å². The van der Waals surface area contributed by atoms with E-state index in [9.17, 15) is 9.59 Å². The second kappa shape index (κ2) is 11.9. The van der Waals surface area contributed by atoms with Crippen molar-refractivity contribution in [2.75, 3.05) is 6.61 Å². The van der Waals surface area contributed by atoms with Crippen molar-refractivity contribution in [3.05, 3.63) is 63.7 Å². The van der Waals surface area contributed by atoms with Crippen LogP contribution in [0, 0.1) is 20.8 Å². The number of hydrogen-bond acceptors (Lipinski definition) is 3. The van der Waals surface area contributed by atoms with Gasteiger partial charge in [0.1, 0.15) is 11.8 Å². The molecule has 0 aliphatic rings. The minimum atomic E-state index is -0.587. The highest BCUT2D eigenvalue weighted by Gasteiger charge is 2.29. The molecule has 32 heavy (non-hydrogen) atoms. The van der Waals surface area contributed by atoms with Gasteiger partial charge in [0, 0.05) is 17.6 Å². The van der Waals surface area contributed by atoms with Crippen molar-refractivity contribution in [2.24, 2.45) is 0 Å². The summed E-state index contributed by atoms with van der Waals surface area (Å²) < 4.78 is 5.93. The average Bonchev–Trinajstić information content (AvgIpc) is 2.76. The summed E-state index contributed by atoms with van der Waals surface area (Å²) in [6.07, 6.45) is 1.33. The first-order valence-corrected chi connectivity index (χ1v) is 11.6. The van der Waals surface area contributed by atoms with E-state index < -0.39 is 6.04 Å². The van der Waals surface area contributed by atoms with Gasteiger partial charge in [-0.05, 0) is 81.0 Å². The van der Waals surface area contributed by atoms with Gasteiger partial charge >= 0.3 is 0 Å². The van der Waals surface area contributed by atoms with Crippen LogP contribution < -0.4 is 10.1 Å². The lowest BCUT2D eigenvalue weighted by Gasteiger charge is -2.31. The molecule has 0 fully saturated rings. The van der Waals surface area contributed by atoms with Crippen LogP contribution in [0.1, 0.15) is 55.9 Å². The van der Waals surface area contributed by atoms with Crippen LogP contribution in [-0.4, -0.2) is 35.4 Å². The van der Waals surface area contributed by atoms with Crippen LogP contribution in [0.3, 0.4) is 0 Å². The zero-order valence-electron chi connectivity index (χ0n) is 20.0. The van der Waals surface area contributed by atoms with E-state index in [1.807, 2.05) is 59.7 Å². The minimum Gasteiger partial charge on any atom is -0.483 e. The summed E-state index contributed by atoms with van der Waals surface area (Å²) in [5.74, 6) is 0.316. The number of nitrogens with zero attached hydrogens (tertiary/aromatic N) is 1. The first-order chi connectivity index (χ1) is 15.2. The Labute approximate surface area is 197 Å². The summed E-state index contributed by atoms with van der Waals surface area (Å²) in [6.45, 7) is 12.1. The minimum absolute atomic E-state index is 0.0400. The maximum atomic E-state index is 13.3. The molecule has 5 nitrogen and oxygen atoms in total. The molecule has 0 aliphatic heterocycles. The number of benzene rings is 2. The third kappa shape index (κ3) is 6.99. The standard InChI is InChI=1S/C26H35ClN2O3/c1-7-19(5)28-26(31)23(8-2)29(15-21-9-11-22(27)12-10-21)25(30)16-32-24-14-17(3)13-18(4)20(24)6/h9-14,19,23H,7-8,15-16H2,1-6H3,(H,28,31). The van der Waals surface area contributed by atoms with Crippen LogP contribution in [0.4, 0.5) is 0 Å². The second-order valence-electron chi connectivity index (χ2n) is 8.38. The van der Waals surface area contributed by atoms with Crippen molar-refractivity contribution in [1.29, 1.82) is 0 Å². The molecule has 2 rings (SSSR count). The highest BCUT2D eigenvalue weighted by atomic mass is 35.5. The van der Waals surface area contributed by atoms with Gasteiger partial charge in [0.15, 0.2) is 6.61 Å². The molecule has 0 bridgehead atoms. The van der Waals surface area contributed by atoms with Crippen LogP contribution in [0.15, 0.2) is 36.4 Å². The summed E-state index contributed by atoms with van der Waals surface area (Å²) >= 11 is 6.02. The first-order valence-electron chi connectivity index (χ1n) is 11.2. The topological polar surface area (TPSA) is 58.6 Å². The lowest BCUT2D eigenvalue weighted by Crippen LogP contribution is -2.51. The molecule has 2 atom stereocenters. The molecule has 174 valence electrons. The van der Waals surface area contributed by atoms with E-state index in [1.165, 1.54) is 0 Å². The van der Waals surface area contributed by atoms with E-state index >= 15 is 0 Å². The Morgan fingerprint density at radius 2 is 1.72 bits per heavy atom. The molecule has 0 saturated heterocycles. The quantitative estimate of drug-likeness (QED) is 0.521. The Balaban J connectivity index is 2.26. The number of carbonyl (C=O) groups excluding carboxylic acids is 2. The molecule has 0 aromatic heterocycles. The van der Waals surface area contributed by atoms with Crippen LogP contribution in [0.25, 0.3) is 0 Å². The number of rotatable bonds is 10. The Morgan fingerprint density at radius 3 is 2.31 bits per heavy atom. The first kappa shape index (κ1) is 25.7. The zero-order chi connectivity index (χ0) is 23.8. The van der Waals surface area contributed by atoms with E-state index in [0.29, 0.717) is 23.7 Å². The Bertz CT molecular complexity index is 927. The molecule has 0 saturated carbocycles. The number of hydrogen-bond donors (Lipinski definition) is 1. The Hall–Kier alpha value is -2.53. The van der Waals surface area contributed by atoms with Crippen molar-refractivity contribution in [2.45, 2.75) is 73.0 Å². The van der Waals surface area contributed by atoms with Gasteiger partial charge in [0.2, 0.25) is 5.91 Å². The van der Waals surface area contributed by atoms with Crippen LogP contribution in [0.5, 0.6) is 5.75 Å². The number of ether oxygens (including phenoxy) is 1. The van der Waals surface area contributed by atoms with Gasteiger partial charge in [0.05, 0.1) is 0 Å². The third-order valence-electron chi connectivity index (χ3n) is 5.77. The monoisotopic (exact) mass is 458 g/mol. The molecule has 2 aromatic rings. The lowest BCUT2D eigenvalue weighted by atomic mass is 10.1. The molecule has 0 spiro atoms. The number of halogens is 1. The van der Waals surface area contributed by atoms with Crippen molar-refractivity contribution in [3.63, 3.8) is 0 Å². The van der Waals surface area contributed by atoms with Crippen molar-refractivity contribution >= 4 is 23.4 Å². The largest absolute Gasteiger partial charge is 0.483 e. The molecule has 2 aromatic carbocycles. The van der Waals surface area contributed by atoms with Crippen LogP contribution >= 0.6 is 11.6 Å². The SMILES string of the molecule is CCC(C)NC(=O)C(CC)N(Cc1ccc(Cl)cc1)C(=O)COc1cc(C)cc(C)c1C. The van der Waals surface area contributed by atoms with Gasteiger partial charge in [0.25, 0.3) is 5.91 Å². The lowest BCUT2D eigenvalue weighted by molar-refractivity contribution is -0.143. The average molecular weight is 459 g/mol. The summed E-state index contributed by atoms with van der Waals surface area (Å²) in [6, 6.07) is 10.8. The van der Waals surface area contributed by atoms with E-state index in [4.69, 9.17) is 16.3 Å². The molecular formula is C26H35ClN2O3. The third-order valence-corrected chi connectivity index (χ3v) is 6.02. The van der Waals surface area contributed by atoms with Crippen LogP contribution in [-0.2, 0) is 16.1 Å². The fraction of sp³-hybridized carbons (Fsp3) is 0.462. The van der Waals surface area contributed by atoms with Gasteiger partial charge in [-0.25, -0.2) is 0 Å². The second-order valence-corrected chi connectivity index (χ2v) is 8.82. The summed E-state index contributed by atoms with van der Waals surface area (Å²) in [4.78, 5) is 27.9. The highest BCUT2D eigenvalue weighted by Crippen LogP contribution is 2.24. The van der Waals surface area contributed by atoms with E-state index in [0.717, 1.165) is 28.7 Å². The van der Waals surface area contributed by atoms with Gasteiger partial charge < -0.3 is 15.0 Å². The van der Waals surface area contributed by atoms with Crippen LogP contribution in [0.2, 0.25) is 5.02 Å². The molecule has 2 unspecified atom stereocenters. The summed E-state index contributed by atoms with van der Waals surface area (Å²) in [5.41, 5.74) is 4.10. The number of amides is 2. The fourth-order valence-electron chi connectivity index (χ4n) is 3.52. The smallest absolute Gasteiger partial charge is 0.261 e. The number of carbonyl (C=O) groups is 2. The summed E-state index contributed by atoms with van der Waals surface area (Å²) in [5, 5.41) is 3.64. The Morgan fingerprint density at radius 1 is 1.06 bits per heavy atom. The van der Waals surface area contributed by atoms with Gasteiger partial charge in [-0.3, -0.25) is 9.59 Å². The molecule has 0 aliphatic carbocycles. The molecular weight excluding hydrogens is 424 g/mol. The molecule has 6 heteroatoms. The predicted octanol–water partition coefficient (Wildman–Crippen LogP) is 5.37. The number of aryl methyl sites for hydroxylation is 2. The highest BCUT2D eigenvalue weighted by molar-refractivity contribution is 6.30. The maximum Gasteiger partial charge on any atom is 0.261 e. The summed E-state index contributed by atoms with van der Waals surface area (Å²) in [7, 11) is 0. The fourth-order valence-corrected chi connectivity index (χ4v) is 3.65. The Kier molecular flexibility index (Phi) is 9.58. The van der Waals surface area contributed by atoms with Gasteiger partial charge in [-0.1, -0.05) is 43.6 Å². The predicted molar refractivity (Wildman–Crippen MR) is 130 cm³/mol. The van der Waals surface area contributed by atoms with E-state index in [1.54, 1.807) is 17.0 Å². The molecule has 2 amide bonds. The maximum absolute atomic E-state index is 13.3. The van der Waals surface area contributed by atoms with Crippen molar-refractivity contribution in [3.8, 4) is 5.75 Å². The van der Waals surface area contributed by atoms with Gasteiger partial charge in [-0.15, -0.1) is 0 Å². The van der Waals surface area contributed by atoms with Gasteiger partial charge in [-0.2, -0.15) is 0 Å². The zero-order valence-corrected chi connectivity index (χ0v) is 20.8. The van der Waals surface area contributed by atoms with E-state index in [2.05, 4.69) is 11.4 Å². The number of nitrogens with one attached hydrogen (secondary N) is 1. The molecule has 0 radical (unpaired) electrons.